The minimum absolute atomic E-state index is 0.138. The molecule has 198 valence electrons. The topological polar surface area (TPSA) is 81.9 Å². The monoisotopic (exact) mass is 595 g/mol. The highest BCUT2D eigenvalue weighted by molar-refractivity contribution is 7.99. The molecule has 0 saturated carbocycles. The molecule has 2 heterocycles. The molecule has 0 aliphatic carbocycles. The van der Waals surface area contributed by atoms with Gasteiger partial charge >= 0.3 is 0 Å². The molecule has 0 saturated heterocycles. The molecule has 5 rings (SSSR count). The molecule has 1 N–H and O–H groups in total. The zero-order valence-corrected chi connectivity index (χ0v) is 23.9. The summed E-state index contributed by atoms with van der Waals surface area (Å²) in [5, 5.41) is 13.9. The molecule has 11 heteroatoms. The summed E-state index contributed by atoms with van der Waals surface area (Å²) in [5.74, 6) is 1.33. The van der Waals surface area contributed by atoms with Crippen molar-refractivity contribution in [3.05, 3.63) is 111 Å². The van der Waals surface area contributed by atoms with Gasteiger partial charge in [0.15, 0.2) is 16.1 Å². The first-order valence-electron chi connectivity index (χ1n) is 11.9. The van der Waals surface area contributed by atoms with Gasteiger partial charge in [-0.15, -0.1) is 21.5 Å². The number of hydrogen-bond acceptors (Lipinski definition) is 7. The van der Waals surface area contributed by atoms with Gasteiger partial charge in [-0.3, -0.25) is 9.36 Å². The molecular formula is C28H23Cl2N5O2S2. The van der Waals surface area contributed by atoms with E-state index in [0.29, 0.717) is 32.6 Å². The number of amides is 1. The SMILES string of the molecule is Cc1ccc(OCc2nnc(SCC(=O)Nc3ncc(Cc4cc(Cl)ccc4Cl)s3)n2-c2ccccc2)cc1. The van der Waals surface area contributed by atoms with E-state index in [9.17, 15) is 4.79 Å². The number of rotatable bonds is 10. The quantitative estimate of drug-likeness (QED) is 0.171. The first kappa shape index (κ1) is 27.2. The molecule has 0 atom stereocenters. The molecule has 2 aromatic heterocycles. The average Bonchev–Trinajstić information content (AvgIpc) is 3.56. The molecular weight excluding hydrogens is 573 g/mol. The molecule has 0 spiro atoms. The Kier molecular flexibility index (Phi) is 8.83. The van der Waals surface area contributed by atoms with Crippen molar-refractivity contribution >= 4 is 57.3 Å². The van der Waals surface area contributed by atoms with E-state index in [1.165, 1.54) is 23.1 Å². The Morgan fingerprint density at radius 1 is 1.05 bits per heavy atom. The molecule has 0 fully saturated rings. The smallest absolute Gasteiger partial charge is 0.236 e. The fourth-order valence-electron chi connectivity index (χ4n) is 3.71. The Labute approximate surface area is 244 Å². The molecule has 0 radical (unpaired) electrons. The van der Waals surface area contributed by atoms with Crippen molar-refractivity contribution in [1.82, 2.24) is 19.7 Å². The number of thiazole rings is 1. The van der Waals surface area contributed by atoms with E-state index in [0.717, 1.165) is 27.4 Å². The number of thioether (sulfide) groups is 1. The third-order valence-electron chi connectivity index (χ3n) is 5.61. The summed E-state index contributed by atoms with van der Waals surface area (Å²) in [6.45, 7) is 2.26. The number of carbonyl (C=O) groups excluding carboxylic acids is 1. The lowest BCUT2D eigenvalue weighted by Gasteiger charge is -2.11. The summed E-state index contributed by atoms with van der Waals surface area (Å²) in [6, 6.07) is 23.0. The van der Waals surface area contributed by atoms with Gasteiger partial charge in [0, 0.05) is 33.2 Å². The third kappa shape index (κ3) is 7.19. The molecule has 0 aliphatic rings. The number of benzene rings is 3. The van der Waals surface area contributed by atoms with Crippen LogP contribution >= 0.6 is 46.3 Å². The molecule has 0 unspecified atom stereocenters. The summed E-state index contributed by atoms with van der Waals surface area (Å²) >= 11 is 15.1. The molecule has 39 heavy (non-hydrogen) atoms. The number of aryl methyl sites for hydroxylation is 1. The van der Waals surface area contributed by atoms with Gasteiger partial charge in [0.25, 0.3) is 0 Å². The summed E-state index contributed by atoms with van der Waals surface area (Å²) in [6.07, 6.45) is 2.31. The molecule has 1 amide bonds. The van der Waals surface area contributed by atoms with Gasteiger partial charge in [0.1, 0.15) is 12.4 Å². The minimum atomic E-state index is -0.193. The van der Waals surface area contributed by atoms with Gasteiger partial charge < -0.3 is 10.1 Å². The third-order valence-corrected chi connectivity index (χ3v) is 8.05. The lowest BCUT2D eigenvalue weighted by molar-refractivity contribution is -0.113. The average molecular weight is 597 g/mol. The van der Waals surface area contributed by atoms with E-state index in [2.05, 4.69) is 20.5 Å². The Bertz CT molecular complexity index is 1570. The highest BCUT2D eigenvalue weighted by atomic mass is 35.5. The fraction of sp³-hybridized carbons (Fsp3) is 0.143. The van der Waals surface area contributed by atoms with Crippen LogP contribution in [0.5, 0.6) is 5.75 Å². The number of nitrogens with one attached hydrogen (secondary N) is 1. The van der Waals surface area contributed by atoms with E-state index in [-0.39, 0.29) is 18.3 Å². The maximum absolute atomic E-state index is 12.8. The van der Waals surface area contributed by atoms with Crippen molar-refractivity contribution in [2.24, 2.45) is 0 Å². The summed E-state index contributed by atoms with van der Waals surface area (Å²) in [5.41, 5.74) is 2.95. The number of carbonyl (C=O) groups is 1. The number of nitrogens with zero attached hydrogens (tertiary/aromatic N) is 4. The molecule has 3 aromatic carbocycles. The number of anilines is 1. The highest BCUT2D eigenvalue weighted by Crippen LogP contribution is 2.28. The van der Waals surface area contributed by atoms with Crippen LogP contribution in [0.2, 0.25) is 10.0 Å². The Hall–Kier alpha value is -3.37. The van der Waals surface area contributed by atoms with Crippen LogP contribution in [-0.4, -0.2) is 31.4 Å². The van der Waals surface area contributed by atoms with Crippen LogP contribution in [0.1, 0.15) is 21.8 Å². The number of ether oxygens (including phenoxy) is 1. The number of para-hydroxylation sites is 1. The van der Waals surface area contributed by atoms with Gasteiger partial charge in [0.2, 0.25) is 5.91 Å². The maximum Gasteiger partial charge on any atom is 0.236 e. The summed E-state index contributed by atoms with van der Waals surface area (Å²) in [4.78, 5) is 18.1. The first-order chi connectivity index (χ1) is 18.9. The van der Waals surface area contributed by atoms with Crippen LogP contribution in [0.3, 0.4) is 0 Å². The van der Waals surface area contributed by atoms with Crippen LogP contribution in [0.15, 0.2) is 84.1 Å². The van der Waals surface area contributed by atoms with E-state index in [4.69, 9.17) is 27.9 Å². The first-order valence-corrected chi connectivity index (χ1v) is 14.5. The van der Waals surface area contributed by atoms with Crippen molar-refractivity contribution in [2.45, 2.75) is 25.1 Å². The maximum atomic E-state index is 12.8. The molecule has 5 aromatic rings. The fourth-order valence-corrected chi connectivity index (χ4v) is 5.71. The zero-order chi connectivity index (χ0) is 27.2. The van der Waals surface area contributed by atoms with Crippen LogP contribution in [0, 0.1) is 6.92 Å². The predicted octanol–water partition coefficient (Wildman–Crippen LogP) is 7.24. The number of hydrogen-bond donors (Lipinski definition) is 1. The van der Waals surface area contributed by atoms with Gasteiger partial charge in [-0.25, -0.2) is 4.98 Å². The van der Waals surface area contributed by atoms with Crippen LogP contribution < -0.4 is 10.1 Å². The number of aromatic nitrogens is 4. The van der Waals surface area contributed by atoms with Crippen LogP contribution in [-0.2, 0) is 17.8 Å². The van der Waals surface area contributed by atoms with Gasteiger partial charge in [-0.2, -0.15) is 0 Å². The van der Waals surface area contributed by atoms with Gasteiger partial charge in [-0.1, -0.05) is 70.9 Å². The zero-order valence-electron chi connectivity index (χ0n) is 20.8. The predicted molar refractivity (Wildman–Crippen MR) is 158 cm³/mol. The van der Waals surface area contributed by atoms with E-state index >= 15 is 0 Å². The normalized spacial score (nSPS) is 10.9. The van der Waals surface area contributed by atoms with Crippen molar-refractivity contribution in [1.29, 1.82) is 0 Å². The highest BCUT2D eigenvalue weighted by Gasteiger charge is 2.17. The second kappa shape index (κ2) is 12.7. The minimum Gasteiger partial charge on any atom is -0.486 e. The van der Waals surface area contributed by atoms with E-state index in [1.54, 1.807) is 18.3 Å². The van der Waals surface area contributed by atoms with Gasteiger partial charge in [-0.05, 0) is 55.0 Å². The second-order valence-corrected chi connectivity index (χ2v) is 11.5. The van der Waals surface area contributed by atoms with E-state index in [1.807, 2.05) is 72.2 Å². The van der Waals surface area contributed by atoms with Crippen molar-refractivity contribution in [3.63, 3.8) is 0 Å². The van der Waals surface area contributed by atoms with Crippen molar-refractivity contribution in [3.8, 4) is 11.4 Å². The lowest BCUT2D eigenvalue weighted by Crippen LogP contribution is -2.14. The second-order valence-electron chi connectivity index (χ2n) is 8.55. The molecule has 0 bridgehead atoms. The Balaban J connectivity index is 1.23. The Morgan fingerprint density at radius 2 is 1.85 bits per heavy atom. The summed E-state index contributed by atoms with van der Waals surface area (Å²) in [7, 11) is 0. The Morgan fingerprint density at radius 3 is 2.64 bits per heavy atom. The molecule has 7 nitrogen and oxygen atoms in total. The van der Waals surface area contributed by atoms with Crippen molar-refractivity contribution < 1.29 is 9.53 Å². The van der Waals surface area contributed by atoms with Gasteiger partial charge in [0.05, 0.1) is 5.75 Å². The standard InChI is InChI=1S/C28H23Cl2N5O2S2/c1-18-7-10-22(11-8-18)37-16-25-33-34-28(35(25)21-5-3-2-4-6-21)38-17-26(36)32-27-31-15-23(39-27)14-19-13-20(29)9-12-24(19)30/h2-13,15H,14,16-17H2,1H3,(H,31,32,36). The summed E-state index contributed by atoms with van der Waals surface area (Å²) < 4.78 is 7.86. The van der Waals surface area contributed by atoms with Crippen molar-refractivity contribution in [2.75, 3.05) is 11.1 Å². The number of halogens is 2. The largest absolute Gasteiger partial charge is 0.486 e. The van der Waals surface area contributed by atoms with Crippen LogP contribution in [0.4, 0.5) is 5.13 Å². The van der Waals surface area contributed by atoms with Crippen LogP contribution in [0.25, 0.3) is 5.69 Å². The van der Waals surface area contributed by atoms with E-state index < -0.39 is 0 Å². The molecule has 0 aliphatic heterocycles. The lowest BCUT2D eigenvalue weighted by atomic mass is 10.1.